The fourth-order valence-corrected chi connectivity index (χ4v) is 4.43. The number of hydrogen-bond acceptors (Lipinski definition) is 4. The number of ether oxygens (including phenoxy) is 1. The summed E-state index contributed by atoms with van der Waals surface area (Å²) in [7, 11) is -0.0279. The number of methoxy groups -OCH3 is 1. The van der Waals surface area contributed by atoms with Crippen LogP contribution < -0.4 is 9.46 Å². The van der Waals surface area contributed by atoms with Gasteiger partial charge < -0.3 is 9.64 Å². The van der Waals surface area contributed by atoms with Crippen LogP contribution >= 0.6 is 15.9 Å². The van der Waals surface area contributed by atoms with Gasteiger partial charge in [-0.25, -0.2) is 13.1 Å². The average Bonchev–Trinajstić information content (AvgIpc) is 2.45. The van der Waals surface area contributed by atoms with Gasteiger partial charge in [0.25, 0.3) is 0 Å². The van der Waals surface area contributed by atoms with E-state index in [4.69, 9.17) is 4.74 Å². The first-order valence-corrected chi connectivity index (χ1v) is 9.22. The molecule has 1 aliphatic rings. The van der Waals surface area contributed by atoms with Crippen molar-refractivity contribution in [2.75, 3.05) is 33.8 Å². The molecule has 1 aromatic carbocycles. The Balaban J connectivity index is 2.09. The molecule has 21 heavy (non-hydrogen) atoms. The molecule has 0 aliphatic carbocycles. The van der Waals surface area contributed by atoms with Gasteiger partial charge in [-0.2, -0.15) is 0 Å². The van der Waals surface area contributed by atoms with Gasteiger partial charge in [0.1, 0.15) is 10.6 Å². The molecule has 0 saturated carbocycles. The SMILES string of the molecule is COc1ccc(Br)cc1S(=O)(=O)NCC1CCCN(C)C1. The van der Waals surface area contributed by atoms with E-state index in [-0.39, 0.29) is 4.90 Å². The van der Waals surface area contributed by atoms with Gasteiger partial charge in [0.15, 0.2) is 0 Å². The topological polar surface area (TPSA) is 58.6 Å². The van der Waals surface area contributed by atoms with Crippen molar-refractivity contribution in [1.29, 1.82) is 0 Å². The lowest BCUT2D eigenvalue weighted by molar-refractivity contribution is 0.211. The van der Waals surface area contributed by atoms with E-state index in [0.717, 1.165) is 25.9 Å². The molecule has 1 saturated heterocycles. The van der Waals surface area contributed by atoms with Gasteiger partial charge in [0.2, 0.25) is 10.0 Å². The van der Waals surface area contributed by atoms with Crippen LogP contribution in [0.5, 0.6) is 5.75 Å². The van der Waals surface area contributed by atoms with E-state index >= 15 is 0 Å². The summed E-state index contributed by atoms with van der Waals surface area (Å²) in [6.45, 7) is 2.48. The fraction of sp³-hybridized carbons (Fsp3) is 0.571. The molecule has 0 aromatic heterocycles. The van der Waals surface area contributed by atoms with E-state index in [1.54, 1.807) is 18.2 Å². The molecule has 0 radical (unpaired) electrons. The zero-order valence-corrected chi connectivity index (χ0v) is 14.7. The second-order valence-electron chi connectivity index (χ2n) is 5.42. The van der Waals surface area contributed by atoms with Crippen LogP contribution in [0, 0.1) is 5.92 Å². The number of piperidine rings is 1. The molecule has 1 aliphatic heterocycles. The van der Waals surface area contributed by atoms with Gasteiger partial charge in [0.05, 0.1) is 7.11 Å². The summed E-state index contributed by atoms with van der Waals surface area (Å²) in [5.41, 5.74) is 0. The highest BCUT2D eigenvalue weighted by atomic mass is 79.9. The van der Waals surface area contributed by atoms with E-state index in [1.807, 2.05) is 0 Å². The second-order valence-corrected chi connectivity index (χ2v) is 8.07. The fourth-order valence-electron chi connectivity index (χ4n) is 2.61. The molecule has 118 valence electrons. The minimum absolute atomic E-state index is 0.170. The van der Waals surface area contributed by atoms with Crippen LogP contribution in [-0.4, -0.2) is 47.1 Å². The van der Waals surface area contributed by atoms with Gasteiger partial charge in [-0.1, -0.05) is 15.9 Å². The Hall–Kier alpha value is -0.630. The predicted octanol–water partition coefficient (Wildman–Crippen LogP) is 2.08. The van der Waals surface area contributed by atoms with Crippen molar-refractivity contribution in [3.05, 3.63) is 22.7 Å². The monoisotopic (exact) mass is 376 g/mol. The van der Waals surface area contributed by atoms with Crippen molar-refractivity contribution in [2.45, 2.75) is 17.7 Å². The summed E-state index contributed by atoms with van der Waals surface area (Å²) in [4.78, 5) is 2.41. The van der Waals surface area contributed by atoms with Crippen molar-refractivity contribution >= 4 is 26.0 Å². The third kappa shape index (κ3) is 4.42. The molecule has 1 heterocycles. The first kappa shape index (κ1) is 16.7. The van der Waals surface area contributed by atoms with E-state index in [9.17, 15) is 8.42 Å². The third-order valence-electron chi connectivity index (χ3n) is 3.70. The van der Waals surface area contributed by atoms with E-state index < -0.39 is 10.0 Å². The summed E-state index contributed by atoms with van der Waals surface area (Å²) < 4.78 is 33.5. The van der Waals surface area contributed by atoms with Crippen LogP contribution in [0.15, 0.2) is 27.6 Å². The van der Waals surface area contributed by atoms with Gasteiger partial charge in [-0.05, 0) is 50.6 Å². The van der Waals surface area contributed by atoms with Crippen LogP contribution in [0.25, 0.3) is 0 Å². The number of likely N-dealkylation sites (tertiary alicyclic amines) is 1. The Labute approximate surface area is 134 Å². The van der Waals surface area contributed by atoms with Crippen LogP contribution in [0.2, 0.25) is 0 Å². The number of benzene rings is 1. The first-order chi connectivity index (χ1) is 9.92. The van der Waals surface area contributed by atoms with E-state index in [1.165, 1.54) is 7.11 Å². The van der Waals surface area contributed by atoms with E-state index in [0.29, 0.717) is 22.7 Å². The highest BCUT2D eigenvalue weighted by molar-refractivity contribution is 9.10. The lowest BCUT2D eigenvalue weighted by atomic mass is 9.99. The normalized spacial score (nSPS) is 20.4. The van der Waals surface area contributed by atoms with Crippen molar-refractivity contribution in [3.8, 4) is 5.75 Å². The smallest absolute Gasteiger partial charge is 0.244 e. The number of hydrogen-bond donors (Lipinski definition) is 1. The molecule has 5 nitrogen and oxygen atoms in total. The summed E-state index contributed by atoms with van der Waals surface area (Å²) >= 11 is 3.30. The number of rotatable bonds is 5. The molecule has 1 unspecified atom stereocenters. The Morgan fingerprint density at radius 1 is 1.48 bits per heavy atom. The van der Waals surface area contributed by atoms with Crippen molar-refractivity contribution in [1.82, 2.24) is 9.62 Å². The van der Waals surface area contributed by atoms with Crippen LogP contribution in [0.1, 0.15) is 12.8 Å². The summed E-state index contributed by atoms with van der Waals surface area (Å²) in [5.74, 6) is 0.711. The second kappa shape index (κ2) is 7.09. The summed E-state index contributed by atoms with van der Waals surface area (Å²) in [6, 6.07) is 4.97. The van der Waals surface area contributed by atoms with E-state index in [2.05, 4.69) is 32.6 Å². The van der Waals surface area contributed by atoms with Crippen LogP contribution in [0.4, 0.5) is 0 Å². The quantitative estimate of drug-likeness (QED) is 0.854. The molecule has 0 spiro atoms. The number of nitrogens with one attached hydrogen (secondary N) is 1. The zero-order chi connectivity index (χ0) is 15.5. The lowest BCUT2D eigenvalue weighted by Crippen LogP contribution is -2.39. The highest BCUT2D eigenvalue weighted by Gasteiger charge is 2.23. The standard InChI is InChI=1S/C14H21BrN2O3S/c1-17-7-3-4-11(10-17)9-16-21(18,19)14-8-12(15)5-6-13(14)20-2/h5-6,8,11,16H,3-4,7,9-10H2,1-2H3. The Morgan fingerprint density at radius 2 is 2.24 bits per heavy atom. The first-order valence-electron chi connectivity index (χ1n) is 6.94. The minimum atomic E-state index is -3.57. The zero-order valence-electron chi connectivity index (χ0n) is 12.3. The van der Waals surface area contributed by atoms with Gasteiger partial charge in [-0.15, -0.1) is 0 Å². The molecule has 0 bridgehead atoms. The molecular formula is C14H21BrN2O3S. The Bertz CT molecular complexity index is 592. The molecule has 1 fully saturated rings. The van der Waals surface area contributed by atoms with Gasteiger partial charge in [-0.3, -0.25) is 0 Å². The number of nitrogens with zero attached hydrogens (tertiary/aromatic N) is 1. The average molecular weight is 377 g/mol. The maximum atomic E-state index is 12.5. The lowest BCUT2D eigenvalue weighted by Gasteiger charge is -2.29. The summed E-state index contributed by atoms with van der Waals surface area (Å²) in [5, 5.41) is 0. The molecule has 7 heteroatoms. The predicted molar refractivity (Wildman–Crippen MR) is 86.1 cm³/mol. The summed E-state index contributed by atoms with van der Waals surface area (Å²) in [6.07, 6.45) is 2.17. The number of halogens is 1. The maximum Gasteiger partial charge on any atom is 0.244 e. The molecular weight excluding hydrogens is 356 g/mol. The third-order valence-corrected chi connectivity index (χ3v) is 5.64. The maximum absolute atomic E-state index is 12.5. The molecule has 2 rings (SSSR count). The molecule has 0 amide bonds. The molecule has 1 N–H and O–H groups in total. The minimum Gasteiger partial charge on any atom is -0.495 e. The Morgan fingerprint density at radius 3 is 2.90 bits per heavy atom. The van der Waals surface area contributed by atoms with Crippen molar-refractivity contribution in [2.24, 2.45) is 5.92 Å². The van der Waals surface area contributed by atoms with Gasteiger partial charge >= 0.3 is 0 Å². The van der Waals surface area contributed by atoms with Crippen molar-refractivity contribution < 1.29 is 13.2 Å². The Kier molecular flexibility index (Phi) is 5.65. The van der Waals surface area contributed by atoms with Gasteiger partial charge in [0, 0.05) is 17.6 Å². The highest BCUT2D eigenvalue weighted by Crippen LogP contribution is 2.27. The van der Waals surface area contributed by atoms with Crippen LogP contribution in [0.3, 0.4) is 0 Å². The van der Waals surface area contributed by atoms with Crippen molar-refractivity contribution in [3.63, 3.8) is 0 Å². The van der Waals surface area contributed by atoms with Crippen LogP contribution in [-0.2, 0) is 10.0 Å². The molecule has 1 aromatic rings. The number of sulfonamides is 1. The largest absolute Gasteiger partial charge is 0.495 e. The molecule has 1 atom stereocenters.